The van der Waals surface area contributed by atoms with Crippen molar-refractivity contribution in [1.29, 1.82) is 5.26 Å². The van der Waals surface area contributed by atoms with E-state index in [0.29, 0.717) is 28.9 Å². The van der Waals surface area contributed by atoms with E-state index in [9.17, 15) is 14.0 Å². The molecule has 0 bridgehead atoms. The van der Waals surface area contributed by atoms with Crippen LogP contribution < -0.4 is 16.0 Å². The fourth-order valence-corrected chi connectivity index (χ4v) is 5.64. The van der Waals surface area contributed by atoms with Crippen molar-refractivity contribution in [3.63, 3.8) is 0 Å². The first-order valence-corrected chi connectivity index (χ1v) is 14.5. The quantitative estimate of drug-likeness (QED) is 0.158. The molecule has 0 saturated carbocycles. The molecule has 218 valence electrons. The number of aryl methyl sites for hydroxylation is 2. The number of thiophene rings is 1. The lowest BCUT2D eigenvalue weighted by atomic mass is 9.90. The third-order valence-electron chi connectivity index (χ3n) is 6.29. The monoisotopic (exact) mass is 569 g/mol. The SMILES string of the molecule is C=C(CC(C)(C)C)N[C@@H](C)C(NC(C)C/C(=C\C(C#N)=CC(C)Nc1cnc(C)c(F)c1)CF)c1ccc(C)s1. The Kier molecular flexibility index (Phi) is 12.5. The molecule has 0 aliphatic heterocycles. The average Bonchev–Trinajstić information content (AvgIpc) is 3.28. The van der Waals surface area contributed by atoms with Crippen molar-refractivity contribution in [2.45, 2.75) is 92.4 Å². The summed E-state index contributed by atoms with van der Waals surface area (Å²) in [6.45, 7) is 19.9. The van der Waals surface area contributed by atoms with Gasteiger partial charge in [-0.2, -0.15) is 5.26 Å². The molecule has 2 heterocycles. The van der Waals surface area contributed by atoms with Gasteiger partial charge in [-0.15, -0.1) is 11.3 Å². The number of alkyl halides is 1. The molecule has 0 aliphatic carbocycles. The van der Waals surface area contributed by atoms with E-state index < -0.39 is 12.5 Å². The Morgan fingerprint density at radius 1 is 1.23 bits per heavy atom. The van der Waals surface area contributed by atoms with E-state index in [0.717, 1.165) is 12.1 Å². The summed E-state index contributed by atoms with van der Waals surface area (Å²) in [7, 11) is 0. The third-order valence-corrected chi connectivity index (χ3v) is 7.37. The van der Waals surface area contributed by atoms with Crippen LogP contribution in [0.3, 0.4) is 0 Å². The molecule has 0 saturated heterocycles. The van der Waals surface area contributed by atoms with Gasteiger partial charge in [0, 0.05) is 39.6 Å². The molecule has 2 aromatic heterocycles. The van der Waals surface area contributed by atoms with Crippen LogP contribution >= 0.6 is 11.3 Å². The van der Waals surface area contributed by atoms with Crippen LogP contribution in [0.1, 0.15) is 75.9 Å². The number of anilines is 1. The molecule has 0 spiro atoms. The smallest absolute Gasteiger partial charge is 0.146 e. The highest BCUT2D eigenvalue weighted by molar-refractivity contribution is 7.12. The number of nitriles is 1. The first kappa shape index (κ1) is 33.2. The summed E-state index contributed by atoms with van der Waals surface area (Å²) < 4.78 is 28.0. The summed E-state index contributed by atoms with van der Waals surface area (Å²) in [6, 6.07) is 7.51. The molecule has 0 radical (unpaired) electrons. The zero-order chi connectivity index (χ0) is 30.0. The number of hydrogen-bond acceptors (Lipinski definition) is 6. The Hall–Kier alpha value is -3.02. The number of allylic oxidation sites excluding steroid dienone is 3. The maximum absolute atomic E-state index is 14.1. The lowest BCUT2D eigenvalue weighted by molar-refractivity contribution is 0.352. The van der Waals surface area contributed by atoms with Gasteiger partial charge < -0.3 is 16.0 Å². The van der Waals surface area contributed by atoms with E-state index in [1.54, 1.807) is 36.6 Å². The lowest BCUT2D eigenvalue weighted by Crippen LogP contribution is -2.43. The summed E-state index contributed by atoms with van der Waals surface area (Å²) in [5.41, 5.74) is 2.83. The number of halogens is 2. The second kappa shape index (κ2) is 15.1. The summed E-state index contributed by atoms with van der Waals surface area (Å²) in [6.07, 6.45) is 6.17. The molecule has 0 amide bonds. The first-order chi connectivity index (χ1) is 18.7. The van der Waals surface area contributed by atoms with Gasteiger partial charge >= 0.3 is 0 Å². The van der Waals surface area contributed by atoms with E-state index in [1.165, 1.54) is 15.8 Å². The molecule has 5 nitrogen and oxygen atoms in total. The molecule has 4 atom stereocenters. The van der Waals surface area contributed by atoms with Gasteiger partial charge in [-0.25, -0.2) is 8.78 Å². The van der Waals surface area contributed by atoms with E-state index in [4.69, 9.17) is 0 Å². The highest BCUT2D eigenvalue weighted by Crippen LogP contribution is 2.28. The van der Waals surface area contributed by atoms with Crippen LogP contribution in [0.4, 0.5) is 14.5 Å². The molecule has 3 unspecified atom stereocenters. The van der Waals surface area contributed by atoms with Gasteiger partial charge in [0.25, 0.3) is 0 Å². The summed E-state index contributed by atoms with van der Waals surface area (Å²) >= 11 is 1.75. The Labute approximate surface area is 243 Å². The standard InChI is InChI=1S/C32H45F2N5S/c1-20(38-28-15-29(34)24(5)36-19-28)13-27(18-35)14-26(17-33)12-21(2)39-31(30-11-10-23(4)40-30)25(6)37-22(3)16-32(7,8)9/h10-11,13-15,19-21,25,31,37-39H,3,12,16-17H2,1-2,4-9H3/b26-14+,27-13?/t20?,21?,25-,31?/m0/s1. The molecule has 40 heavy (non-hydrogen) atoms. The number of rotatable bonds is 14. The fraction of sp³-hybridized carbons (Fsp3) is 0.500. The molecule has 0 aliphatic rings. The second-order valence-corrected chi connectivity index (χ2v) is 13.2. The number of aromatic nitrogens is 1. The Morgan fingerprint density at radius 3 is 2.48 bits per heavy atom. The predicted molar refractivity (Wildman–Crippen MR) is 165 cm³/mol. The minimum atomic E-state index is -0.654. The average molecular weight is 570 g/mol. The summed E-state index contributed by atoms with van der Waals surface area (Å²) in [5, 5.41) is 20.1. The van der Waals surface area contributed by atoms with Crippen LogP contribution in [-0.2, 0) is 0 Å². The number of nitrogens with zero attached hydrogens (tertiary/aromatic N) is 2. The van der Waals surface area contributed by atoms with E-state index in [1.807, 2.05) is 13.8 Å². The maximum atomic E-state index is 14.1. The largest absolute Gasteiger partial charge is 0.384 e. The van der Waals surface area contributed by atoms with Crippen LogP contribution in [0, 0.1) is 36.4 Å². The van der Waals surface area contributed by atoms with E-state index >= 15 is 0 Å². The minimum absolute atomic E-state index is 0.00463. The normalized spacial score (nSPS) is 15.6. The highest BCUT2D eigenvalue weighted by Gasteiger charge is 2.24. The molecule has 3 N–H and O–H groups in total. The molecule has 0 fully saturated rings. The Balaban J connectivity index is 2.14. The van der Waals surface area contributed by atoms with E-state index in [2.05, 4.69) is 80.3 Å². The summed E-state index contributed by atoms with van der Waals surface area (Å²) in [4.78, 5) is 6.45. The van der Waals surface area contributed by atoms with Gasteiger partial charge in [-0.05, 0) is 82.7 Å². The van der Waals surface area contributed by atoms with Gasteiger partial charge in [0.1, 0.15) is 12.5 Å². The van der Waals surface area contributed by atoms with Gasteiger partial charge in [-0.1, -0.05) is 27.4 Å². The zero-order valence-corrected chi connectivity index (χ0v) is 26.0. The lowest BCUT2D eigenvalue weighted by Gasteiger charge is -2.31. The molecular formula is C32H45F2N5S. The molecule has 0 aromatic carbocycles. The first-order valence-electron chi connectivity index (χ1n) is 13.7. The zero-order valence-electron chi connectivity index (χ0n) is 25.2. The van der Waals surface area contributed by atoms with Gasteiger partial charge in [0.15, 0.2) is 0 Å². The summed E-state index contributed by atoms with van der Waals surface area (Å²) in [5.74, 6) is -0.401. The topological polar surface area (TPSA) is 72.8 Å². The molecule has 2 aromatic rings. The fourth-order valence-electron chi connectivity index (χ4n) is 4.60. The second-order valence-electron chi connectivity index (χ2n) is 11.9. The molecule has 2 rings (SSSR count). The van der Waals surface area contributed by atoms with Crippen molar-refractivity contribution >= 4 is 17.0 Å². The van der Waals surface area contributed by atoms with Crippen molar-refractivity contribution in [1.82, 2.24) is 15.6 Å². The third kappa shape index (κ3) is 11.2. The van der Waals surface area contributed by atoms with Crippen LogP contribution in [0.5, 0.6) is 0 Å². The molecular weight excluding hydrogens is 524 g/mol. The van der Waals surface area contributed by atoms with Crippen molar-refractivity contribution in [2.24, 2.45) is 5.41 Å². The van der Waals surface area contributed by atoms with Gasteiger partial charge in [-0.3, -0.25) is 4.98 Å². The Morgan fingerprint density at radius 2 is 1.93 bits per heavy atom. The van der Waals surface area contributed by atoms with Crippen LogP contribution in [0.25, 0.3) is 0 Å². The highest BCUT2D eigenvalue weighted by atomic mass is 32.1. The van der Waals surface area contributed by atoms with Crippen molar-refractivity contribution in [3.8, 4) is 6.07 Å². The van der Waals surface area contributed by atoms with Crippen molar-refractivity contribution < 1.29 is 8.78 Å². The van der Waals surface area contributed by atoms with Gasteiger partial charge in [0.2, 0.25) is 0 Å². The number of hydrogen-bond donors (Lipinski definition) is 3. The predicted octanol–water partition coefficient (Wildman–Crippen LogP) is 8.08. The van der Waals surface area contributed by atoms with Crippen LogP contribution in [0.2, 0.25) is 0 Å². The van der Waals surface area contributed by atoms with Gasteiger partial charge in [0.05, 0.1) is 35.3 Å². The number of nitrogens with one attached hydrogen (secondary N) is 3. The Bertz CT molecular complexity index is 1230. The maximum Gasteiger partial charge on any atom is 0.146 e. The van der Waals surface area contributed by atoms with E-state index in [-0.39, 0.29) is 29.6 Å². The molecule has 8 heteroatoms. The van der Waals surface area contributed by atoms with Crippen molar-refractivity contribution in [2.75, 3.05) is 12.0 Å². The van der Waals surface area contributed by atoms with Crippen LogP contribution in [0.15, 0.2) is 60.0 Å². The van der Waals surface area contributed by atoms with Crippen LogP contribution in [-0.4, -0.2) is 29.8 Å². The number of pyridine rings is 1. The minimum Gasteiger partial charge on any atom is -0.384 e. The van der Waals surface area contributed by atoms with Crippen molar-refractivity contribution in [3.05, 3.63) is 81.2 Å².